The Morgan fingerprint density at radius 2 is 1.90 bits per heavy atom. The van der Waals surface area contributed by atoms with E-state index in [2.05, 4.69) is 5.10 Å². The Morgan fingerprint density at radius 1 is 1.25 bits per heavy atom. The standard InChI is InChI=1S/C11H3ClF5N3/c12-10-6(4-18)9(11(15,16)17)19-20(10)8-2-1-5(13)3-7(8)14/h1-3H. The van der Waals surface area contributed by atoms with Crippen molar-refractivity contribution in [2.45, 2.75) is 6.18 Å². The van der Waals surface area contributed by atoms with Crippen LogP contribution >= 0.6 is 11.6 Å². The Balaban J connectivity index is 2.71. The van der Waals surface area contributed by atoms with Crippen molar-refractivity contribution in [2.24, 2.45) is 0 Å². The van der Waals surface area contributed by atoms with Crippen LogP contribution in [0.1, 0.15) is 11.3 Å². The predicted octanol–water partition coefficient (Wildman–Crippen LogP) is 3.69. The number of nitriles is 1. The molecular formula is C11H3ClF5N3. The fraction of sp³-hybridized carbons (Fsp3) is 0.0909. The van der Waals surface area contributed by atoms with E-state index in [-0.39, 0.29) is 0 Å². The number of halogens is 6. The van der Waals surface area contributed by atoms with Gasteiger partial charge in [0.25, 0.3) is 0 Å². The molecule has 0 aliphatic carbocycles. The van der Waals surface area contributed by atoms with Gasteiger partial charge in [0.05, 0.1) is 0 Å². The molecule has 3 nitrogen and oxygen atoms in total. The zero-order valence-electron chi connectivity index (χ0n) is 9.34. The van der Waals surface area contributed by atoms with Crippen molar-refractivity contribution >= 4 is 11.6 Å². The molecule has 0 radical (unpaired) electrons. The van der Waals surface area contributed by atoms with Gasteiger partial charge in [0.1, 0.15) is 23.1 Å². The molecule has 0 aliphatic rings. The SMILES string of the molecule is N#Cc1c(C(F)(F)F)nn(-c2ccc(F)cc2F)c1Cl. The molecule has 0 saturated carbocycles. The smallest absolute Gasteiger partial charge is 0.217 e. The van der Waals surface area contributed by atoms with Crippen LogP contribution in [0.2, 0.25) is 5.15 Å². The van der Waals surface area contributed by atoms with Crippen LogP contribution in [0, 0.1) is 23.0 Å². The lowest BCUT2D eigenvalue weighted by molar-refractivity contribution is -0.141. The van der Waals surface area contributed by atoms with Crippen LogP contribution in [0.25, 0.3) is 5.69 Å². The fourth-order valence-electron chi connectivity index (χ4n) is 1.51. The summed E-state index contributed by atoms with van der Waals surface area (Å²) in [5, 5.41) is 11.1. The van der Waals surface area contributed by atoms with Crippen LogP contribution in [0.4, 0.5) is 22.0 Å². The van der Waals surface area contributed by atoms with Gasteiger partial charge in [-0.2, -0.15) is 23.5 Å². The van der Waals surface area contributed by atoms with Gasteiger partial charge in [-0.15, -0.1) is 0 Å². The first-order valence-corrected chi connectivity index (χ1v) is 5.34. The van der Waals surface area contributed by atoms with E-state index in [0.29, 0.717) is 10.7 Å². The highest BCUT2D eigenvalue weighted by molar-refractivity contribution is 6.31. The molecule has 0 unspecified atom stereocenters. The molecule has 1 aromatic carbocycles. The molecule has 0 spiro atoms. The molecule has 104 valence electrons. The highest BCUT2D eigenvalue weighted by atomic mass is 35.5. The summed E-state index contributed by atoms with van der Waals surface area (Å²) < 4.78 is 64.7. The summed E-state index contributed by atoms with van der Waals surface area (Å²) in [6.07, 6.45) is -4.92. The first-order chi connectivity index (χ1) is 9.25. The summed E-state index contributed by atoms with van der Waals surface area (Å²) in [4.78, 5) is 0. The molecule has 0 atom stereocenters. The van der Waals surface area contributed by atoms with Crippen molar-refractivity contribution < 1.29 is 22.0 Å². The number of hydrogen-bond donors (Lipinski definition) is 0. The lowest BCUT2D eigenvalue weighted by Crippen LogP contribution is -2.09. The average Bonchev–Trinajstić information content (AvgIpc) is 2.66. The van der Waals surface area contributed by atoms with Crippen molar-refractivity contribution in [1.29, 1.82) is 5.26 Å². The number of benzene rings is 1. The van der Waals surface area contributed by atoms with Gasteiger partial charge in [0.15, 0.2) is 16.7 Å². The second-order valence-corrected chi connectivity index (χ2v) is 3.99. The maximum Gasteiger partial charge on any atom is 0.436 e. The normalized spacial score (nSPS) is 11.4. The van der Waals surface area contributed by atoms with Gasteiger partial charge in [0.2, 0.25) is 0 Å². The summed E-state index contributed by atoms with van der Waals surface area (Å²) in [5.41, 5.74) is -2.96. The van der Waals surface area contributed by atoms with E-state index in [1.54, 1.807) is 0 Å². The van der Waals surface area contributed by atoms with Crippen molar-refractivity contribution in [3.63, 3.8) is 0 Å². The monoisotopic (exact) mass is 307 g/mol. The van der Waals surface area contributed by atoms with Gasteiger partial charge < -0.3 is 0 Å². The summed E-state index contributed by atoms with van der Waals surface area (Å²) in [6, 6.07) is 3.42. The second-order valence-electron chi connectivity index (χ2n) is 3.63. The predicted molar refractivity (Wildman–Crippen MR) is 58.2 cm³/mol. The highest BCUT2D eigenvalue weighted by Gasteiger charge is 2.39. The van der Waals surface area contributed by atoms with Crippen molar-refractivity contribution in [3.05, 3.63) is 46.2 Å². The second kappa shape index (κ2) is 4.76. The minimum atomic E-state index is -4.92. The quantitative estimate of drug-likeness (QED) is 0.754. The number of aromatic nitrogens is 2. The molecule has 2 aromatic rings. The van der Waals surface area contributed by atoms with E-state index in [0.717, 1.165) is 12.1 Å². The van der Waals surface area contributed by atoms with Crippen LogP contribution in [-0.4, -0.2) is 9.78 Å². The summed E-state index contributed by atoms with van der Waals surface area (Å²) in [7, 11) is 0. The first-order valence-electron chi connectivity index (χ1n) is 4.97. The van der Waals surface area contributed by atoms with E-state index in [9.17, 15) is 22.0 Å². The number of rotatable bonds is 1. The Bertz CT molecular complexity index is 714. The number of alkyl halides is 3. The molecule has 0 amide bonds. The van der Waals surface area contributed by atoms with Gasteiger partial charge in [0, 0.05) is 6.07 Å². The van der Waals surface area contributed by atoms with Gasteiger partial charge in [-0.05, 0) is 12.1 Å². The van der Waals surface area contributed by atoms with Crippen LogP contribution in [0.5, 0.6) is 0 Å². The number of nitrogens with zero attached hydrogens (tertiary/aromatic N) is 3. The van der Waals surface area contributed by atoms with E-state index in [4.69, 9.17) is 16.9 Å². The maximum atomic E-state index is 13.5. The lowest BCUT2D eigenvalue weighted by Gasteiger charge is -2.04. The number of hydrogen-bond acceptors (Lipinski definition) is 2. The van der Waals surface area contributed by atoms with Crippen molar-refractivity contribution in [3.8, 4) is 11.8 Å². The summed E-state index contributed by atoms with van der Waals surface area (Å²) in [5.74, 6) is -2.07. The van der Waals surface area contributed by atoms with E-state index >= 15 is 0 Å². The molecule has 0 N–H and O–H groups in total. The fourth-order valence-corrected chi connectivity index (χ4v) is 1.77. The lowest BCUT2D eigenvalue weighted by atomic mass is 10.2. The zero-order valence-corrected chi connectivity index (χ0v) is 10.1. The molecule has 2 rings (SSSR count). The molecule has 0 saturated heterocycles. The first kappa shape index (κ1) is 14.3. The van der Waals surface area contributed by atoms with Gasteiger partial charge in [-0.1, -0.05) is 11.6 Å². The van der Waals surface area contributed by atoms with Crippen molar-refractivity contribution in [2.75, 3.05) is 0 Å². The third-order valence-corrected chi connectivity index (χ3v) is 2.70. The van der Waals surface area contributed by atoms with Crippen LogP contribution in [-0.2, 0) is 6.18 Å². The third kappa shape index (κ3) is 2.32. The Hall–Kier alpha value is -2.14. The summed E-state index contributed by atoms with van der Waals surface area (Å²) >= 11 is 5.60. The minimum absolute atomic E-state index is 0.401. The topological polar surface area (TPSA) is 41.6 Å². The molecule has 0 bridgehead atoms. The molecule has 20 heavy (non-hydrogen) atoms. The van der Waals surface area contributed by atoms with Gasteiger partial charge >= 0.3 is 6.18 Å². The van der Waals surface area contributed by atoms with Crippen LogP contribution in [0.3, 0.4) is 0 Å². The highest BCUT2D eigenvalue weighted by Crippen LogP contribution is 2.35. The van der Waals surface area contributed by atoms with Gasteiger partial charge in [-0.3, -0.25) is 0 Å². The van der Waals surface area contributed by atoms with E-state index in [1.165, 1.54) is 6.07 Å². The van der Waals surface area contributed by atoms with E-state index in [1.807, 2.05) is 0 Å². The minimum Gasteiger partial charge on any atom is -0.217 e. The summed E-state index contributed by atoms with van der Waals surface area (Å²) in [6.45, 7) is 0. The van der Waals surface area contributed by atoms with E-state index < -0.39 is 39.9 Å². The Morgan fingerprint density at radius 3 is 2.35 bits per heavy atom. The maximum absolute atomic E-state index is 13.5. The molecular weight excluding hydrogens is 305 g/mol. The molecule has 0 fully saturated rings. The van der Waals surface area contributed by atoms with Crippen LogP contribution < -0.4 is 0 Å². The largest absolute Gasteiger partial charge is 0.436 e. The molecule has 1 aromatic heterocycles. The third-order valence-electron chi connectivity index (χ3n) is 2.35. The molecule has 0 aliphatic heterocycles. The zero-order chi connectivity index (χ0) is 15.1. The Kier molecular flexibility index (Phi) is 3.39. The molecule has 9 heteroatoms. The van der Waals surface area contributed by atoms with Crippen LogP contribution in [0.15, 0.2) is 18.2 Å². The van der Waals surface area contributed by atoms with Gasteiger partial charge in [-0.25, -0.2) is 13.5 Å². The van der Waals surface area contributed by atoms with Crippen molar-refractivity contribution in [1.82, 2.24) is 9.78 Å². The molecule has 1 heterocycles. The Labute approximate surface area is 113 Å². The average molecular weight is 308 g/mol.